The molecule has 0 radical (unpaired) electrons. The summed E-state index contributed by atoms with van der Waals surface area (Å²) in [6.07, 6.45) is 0. The van der Waals surface area contributed by atoms with Crippen LogP contribution in [0, 0.1) is 0 Å². The van der Waals surface area contributed by atoms with Crippen LogP contribution in [0.1, 0.15) is 0 Å². The van der Waals surface area contributed by atoms with Gasteiger partial charge in [-0.2, -0.15) is 0 Å². The molecule has 0 amide bonds. The molecule has 0 aliphatic rings. The van der Waals surface area contributed by atoms with Gasteiger partial charge < -0.3 is 4.46 Å². The molecule has 0 heterocycles. The Hall–Kier alpha value is 0.664. The second-order valence-corrected chi connectivity index (χ2v) is 0.344. The van der Waals surface area contributed by atoms with E-state index in [-0.39, 0.29) is 0 Å². The van der Waals surface area contributed by atoms with Gasteiger partial charge >= 0.3 is 45.8 Å². The molecule has 0 aromatic heterocycles. The van der Waals surface area contributed by atoms with Crippen molar-refractivity contribution in [2.24, 2.45) is 0 Å². The summed E-state index contributed by atoms with van der Waals surface area (Å²) in [6.45, 7) is 0. The van der Waals surface area contributed by atoms with Crippen molar-refractivity contribution in [3.05, 3.63) is 0 Å². The van der Waals surface area contributed by atoms with Crippen LogP contribution < -0.4 is 0 Å². The van der Waals surface area contributed by atoms with E-state index in [1.807, 2.05) is 0 Å². The second-order valence-electron chi connectivity index (χ2n) is 0.0833. The molecule has 0 saturated heterocycles. The molecule has 0 aromatic rings. The van der Waals surface area contributed by atoms with Crippen molar-refractivity contribution < 1.29 is 34.0 Å². The third-order valence-corrected chi connectivity index (χ3v) is 0. The fourth-order valence-corrected chi connectivity index (χ4v) is 0. The van der Waals surface area contributed by atoms with E-state index >= 15 is 0 Å². The van der Waals surface area contributed by atoms with E-state index in [1.165, 1.54) is 0 Å². The normalized spacial score (nSPS) is 2.14. The molecule has 0 saturated carbocycles. The monoisotopic (exact) mass is 170 g/mol. The van der Waals surface area contributed by atoms with E-state index in [9.17, 15) is 0 Å². The summed E-state index contributed by atoms with van der Waals surface area (Å²) >= 11 is -1.39. The summed E-state index contributed by atoms with van der Waals surface area (Å²) in [4.78, 5) is 0. The molecule has 0 bridgehead atoms. The van der Waals surface area contributed by atoms with Gasteiger partial charge in [-0.05, 0) is 0 Å². The first kappa shape index (κ1) is 15.6. The summed E-state index contributed by atoms with van der Waals surface area (Å²) in [5.74, 6) is 0. The Morgan fingerprint density at radius 3 is 1.14 bits per heavy atom. The van der Waals surface area contributed by atoms with Gasteiger partial charge in [-0.3, -0.25) is 0 Å². The Kier molecular flexibility index (Phi) is 173. The van der Waals surface area contributed by atoms with Gasteiger partial charge in [0.15, 0.2) is 0 Å². The molecule has 38 valence electrons. The van der Waals surface area contributed by atoms with Gasteiger partial charge in [-0.1, -0.05) is 0 Å². The molecule has 0 aliphatic carbocycles. The zero-order valence-corrected chi connectivity index (χ0v) is 7.94. The third-order valence-electron chi connectivity index (χ3n) is 0. The first-order valence-corrected chi connectivity index (χ1v) is 3.42. The van der Waals surface area contributed by atoms with Gasteiger partial charge in [0.2, 0.25) is 10.1 Å². The maximum absolute atomic E-state index is 8.50. The van der Waals surface area contributed by atoms with Gasteiger partial charge in [0.25, 0.3) is 0 Å². The van der Waals surface area contributed by atoms with E-state index in [2.05, 4.69) is 0 Å². The van der Waals surface area contributed by atoms with Crippen LogP contribution in [-0.4, -0.2) is 26.4 Å². The van der Waals surface area contributed by atoms with Crippen LogP contribution in [-0.2, 0) is 34.0 Å². The van der Waals surface area contributed by atoms with E-state index < -0.39 is 19.1 Å². The first-order valence-electron chi connectivity index (χ1n) is 0.986. The van der Waals surface area contributed by atoms with Crippen LogP contribution in [0.3, 0.4) is 0 Å². The molecule has 0 aliphatic heterocycles. The van der Waals surface area contributed by atoms with Crippen molar-refractivity contribution in [3.8, 4) is 0 Å². The van der Waals surface area contributed by atoms with Crippen LogP contribution in [0.4, 0.5) is 0 Å². The Morgan fingerprint density at radius 2 is 1.14 bits per heavy atom. The topological polar surface area (TPSA) is 68.3 Å². The van der Waals surface area contributed by atoms with Gasteiger partial charge in [0.05, 0.1) is 0 Å². The number of rotatable bonds is 0. The molecule has 0 N–H and O–H groups in total. The Balaban J connectivity index is -0.0000000360. The Bertz CT molecular complexity index is 47.7. The van der Waals surface area contributed by atoms with Gasteiger partial charge in [-0.25, -0.2) is 0 Å². The van der Waals surface area contributed by atoms with Crippen molar-refractivity contribution >= 4 is 26.4 Å². The summed E-state index contributed by atoms with van der Waals surface area (Å²) in [7, 11) is 0.611. The van der Waals surface area contributed by atoms with Gasteiger partial charge in [0, 0.05) is 0 Å². The standard InChI is InChI=1S/Al.H2OSi.3O.Ti.H/c;1-2;;;;;/h;2H2;;;;;. The first-order chi connectivity index (χ1) is 3.41. The van der Waals surface area contributed by atoms with Crippen LogP contribution in [0.5, 0.6) is 0 Å². The van der Waals surface area contributed by atoms with Crippen molar-refractivity contribution in [1.29, 1.82) is 0 Å². The van der Waals surface area contributed by atoms with Crippen LogP contribution in [0.15, 0.2) is 0 Å². The maximum atomic E-state index is 8.50. The quantitative estimate of drug-likeness (QED) is 0.392. The van der Waals surface area contributed by atoms with Crippen molar-refractivity contribution in [1.82, 2.24) is 0 Å². The fourth-order valence-electron chi connectivity index (χ4n) is 0. The summed E-state index contributed by atoms with van der Waals surface area (Å²) < 4.78 is 33.6. The van der Waals surface area contributed by atoms with Crippen molar-refractivity contribution in [2.45, 2.75) is 0 Å². The van der Waals surface area contributed by atoms with Crippen molar-refractivity contribution in [2.75, 3.05) is 0 Å². The zero-order chi connectivity index (χ0) is 6.71. The van der Waals surface area contributed by atoms with Crippen LogP contribution >= 0.6 is 0 Å². The fraction of sp³-hybridized carbons (Fsp3) is 0. The average molecular weight is 170 g/mol. The van der Waals surface area contributed by atoms with E-state index in [0.717, 1.165) is 0 Å². The Labute approximate surface area is 60.4 Å². The molecule has 0 atom stereocenters. The molecular formula is H3AlO4SiTi. The molecular weight excluding hydrogens is 167 g/mol. The van der Waals surface area contributed by atoms with Gasteiger partial charge in [-0.15, -0.1) is 0 Å². The minimum absolute atomic E-state index is 0.611. The second kappa shape index (κ2) is 77.2. The van der Waals surface area contributed by atoms with Crippen molar-refractivity contribution in [3.63, 3.8) is 0 Å². The predicted molar refractivity (Wildman–Crippen MR) is 18.4 cm³/mol. The van der Waals surface area contributed by atoms with Crippen LogP contribution in [0.25, 0.3) is 0 Å². The molecule has 0 unspecified atom stereocenters. The zero-order valence-electron chi connectivity index (χ0n) is 3.55. The van der Waals surface area contributed by atoms with E-state index in [0.29, 0.717) is 26.4 Å². The third kappa shape index (κ3) is 329. The minimum atomic E-state index is -2.00. The summed E-state index contributed by atoms with van der Waals surface area (Å²) in [5.41, 5.74) is 0. The molecule has 0 fully saturated rings. The SMILES string of the molecule is O=[SiH2].[O]=[AlH].[O]=[Ti]=[O]. The van der Waals surface area contributed by atoms with E-state index in [1.54, 1.807) is 0 Å². The predicted octanol–water partition coefficient (Wildman–Crippen LogP) is -2.04. The average Bonchev–Trinajstić information content (AvgIpc) is 1.78. The summed E-state index contributed by atoms with van der Waals surface area (Å²) in [5, 5.41) is 0. The number of hydrogen-bond acceptors (Lipinski definition) is 4. The molecule has 7 heavy (non-hydrogen) atoms. The Morgan fingerprint density at radius 1 is 1.14 bits per heavy atom. The molecule has 0 aromatic carbocycles. The van der Waals surface area contributed by atoms with Crippen LogP contribution in [0.2, 0.25) is 0 Å². The molecule has 4 nitrogen and oxygen atoms in total. The number of hydrogen-bond donors (Lipinski definition) is 0. The van der Waals surface area contributed by atoms with E-state index in [4.69, 9.17) is 14.9 Å². The summed E-state index contributed by atoms with van der Waals surface area (Å²) in [6, 6.07) is 0. The van der Waals surface area contributed by atoms with Gasteiger partial charge in [0.1, 0.15) is 0 Å². The molecule has 7 heteroatoms. The molecule has 0 rings (SSSR count). The molecule has 0 spiro atoms.